The fourth-order valence-electron chi connectivity index (χ4n) is 2.98. The quantitative estimate of drug-likeness (QED) is 0.233. The number of rotatable bonds is 6. The summed E-state index contributed by atoms with van der Waals surface area (Å²) in [6.07, 6.45) is 0. The van der Waals surface area contributed by atoms with Gasteiger partial charge in [-0.25, -0.2) is 0 Å². The summed E-state index contributed by atoms with van der Waals surface area (Å²) in [5, 5.41) is 16.5. The number of nitrogens with two attached hydrogens (primary N) is 2. The number of azo groups is 2. The van der Waals surface area contributed by atoms with Crippen molar-refractivity contribution in [2.45, 2.75) is 25.7 Å². The smallest absolute Gasteiger partial charge is 0.296 e. The van der Waals surface area contributed by atoms with Crippen LogP contribution < -0.4 is 16.2 Å². The van der Waals surface area contributed by atoms with Crippen molar-refractivity contribution in [3.05, 3.63) is 59.2 Å². The Labute approximate surface area is 191 Å². The first-order valence-corrected chi connectivity index (χ1v) is 11.2. The summed E-state index contributed by atoms with van der Waals surface area (Å²) in [4.78, 5) is -0.600. The fourth-order valence-corrected chi connectivity index (χ4v) is 3.62. The van der Waals surface area contributed by atoms with Gasteiger partial charge in [-0.1, -0.05) is 18.2 Å². The van der Waals surface area contributed by atoms with E-state index in [0.717, 1.165) is 22.8 Å². The zero-order valence-corrected chi connectivity index (χ0v) is 19.4. The molecule has 0 radical (unpaired) electrons. The Balaban J connectivity index is 2.17. The molecule has 10 nitrogen and oxygen atoms in total. The van der Waals surface area contributed by atoms with E-state index in [1.807, 2.05) is 45.0 Å². The molecule has 0 unspecified atom stereocenters. The number of aryl methyl sites for hydroxylation is 3. The highest BCUT2D eigenvalue weighted by molar-refractivity contribution is 7.86. The van der Waals surface area contributed by atoms with Crippen molar-refractivity contribution >= 4 is 44.2 Å². The molecule has 0 fully saturated rings. The molecule has 3 aromatic carbocycles. The molecule has 0 bridgehead atoms. The van der Waals surface area contributed by atoms with Crippen LogP contribution >= 0.6 is 0 Å². The molecule has 5 N–H and O–H groups in total. The van der Waals surface area contributed by atoms with Crippen LogP contribution in [0, 0.1) is 20.8 Å². The Hall–Kier alpha value is -3.83. The fraction of sp³-hybridized carbons (Fsp3) is 0.182. The molecule has 0 saturated heterocycles. The van der Waals surface area contributed by atoms with Gasteiger partial charge in [-0.15, -0.1) is 15.3 Å². The summed E-state index contributed by atoms with van der Waals surface area (Å²) in [6, 6.07) is 11.9. The minimum absolute atomic E-state index is 0.0515. The third kappa shape index (κ3) is 5.33. The minimum Gasteiger partial charge on any atom is -0.494 e. The van der Waals surface area contributed by atoms with E-state index in [2.05, 4.69) is 20.5 Å². The summed E-state index contributed by atoms with van der Waals surface area (Å²) >= 11 is 0. The normalized spacial score (nSPS) is 12.0. The molecule has 3 aromatic rings. The van der Waals surface area contributed by atoms with Crippen LogP contribution in [0.5, 0.6) is 5.75 Å². The maximum Gasteiger partial charge on any atom is 0.296 e. The molecule has 0 amide bonds. The first-order valence-electron chi connectivity index (χ1n) is 9.76. The maximum absolute atomic E-state index is 11.9. The van der Waals surface area contributed by atoms with Gasteiger partial charge in [0, 0.05) is 0 Å². The SMILES string of the molecule is COc1ccc(C)cc1/N=N/c1cc(S(=O)(=O)O)c(N)c(/N=N/c2cc(C)ccc2C)c1N. The second-order valence-corrected chi connectivity index (χ2v) is 8.80. The Morgan fingerprint density at radius 1 is 0.788 bits per heavy atom. The van der Waals surface area contributed by atoms with Crippen LogP contribution in [0.2, 0.25) is 0 Å². The first-order chi connectivity index (χ1) is 15.5. The molecule has 0 aromatic heterocycles. The van der Waals surface area contributed by atoms with Gasteiger partial charge in [0.05, 0.1) is 24.2 Å². The number of ether oxygens (including phenoxy) is 1. The molecule has 33 heavy (non-hydrogen) atoms. The van der Waals surface area contributed by atoms with Gasteiger partial charge in [-0.05, 0) is 61.7 Å². The van der Waals surface area contributed by atoms with E-state index in [9.17, 15) is 13.0 Å². The highest BCUT2D eigenvalue weighted by Gasteiger charge is 2.22. The van der Waals surface area contributed by atoms with Gasteiger partial charge in [0.15, 0.2) is 0 Å². The van der Waals surface area contributed by atoms with Gasteiger partial charge in [-0.3, -0.25) is 4.55 Å². The molecular weight excluding hydrogens is 444 g/mol. The average molecular weight is 469 g/mol. The van der Waals surface area contributed by atoms with Gasteiger partial charge < -0.3 is 16.2 Å². The molecule has 0 aliphatic rings. The summed E-state index contributed by atoms with van der Waals surface area (Å²) in [7, 11) is -3.21. The topological polar surface area (TPSA) is 165 Å². The molecule has 172 valence electrons. The second-order valence-electron chi connectivity index (χ2n) is 7.41. The Bertz CT molecular complexity index is 1380. The lowest BCUT2D eigenvalue weighted by Crippen LogP contribution is -2.05. The lowest BCUT2D eigenvalue weighted by atomic mass is 10.1. The van der Waals surface area contributed by atoms with Crippen molar-refractivity contribution in [3.8, 4) is 5.75 Å². The van der Waals surface area contributed by atoms with Crippen LogP contribution in [-0.2, 0) is 10.1 Å². The largest absolute Gasteiger partial charge is 0.494 e. The maximum atomic E-state index is 11.9. The number of nitrogens with zero attached hydrogens (tertiary/aromatic N) is 4. The second kappa shape index (κ2) is 9.35. The number of benzene rings is 3. The molecule has 0 aliphatic heterocycles. The highest BCUT2D eigenvalue weighted by Crippen LogP contribution is 2.43. The summed E-state index contributed by atoms with van der Waals surface area (Å²) in [5.74, 6) is 0.461. The van der Waals surface area contributed by atoms with Crippen molar-refractivity contribution in [3.63, 3.8) is 0 Å². The molecule has 3 rings (SSSR count). The summed E-state index contributed by atoms with van der Waals surface area (Å²) < 4.78 is 38.8. The van der Waals surface area contributed by atoms with E-state index in [1.165, 1.54) is 7.11 Å². The van der Waals surface area contributed by atoms with Crippen LogP contribution in [0.3, 0.4) is 0 Å². The first kappa shape index (κ1) is 23.8. The van der Waals surface area contributed by atoms with E-state index in [1.54, 1.807) is 12.1 Å². The molecule has 0 heterocycles. The molecule has 0 atom stereocenters. The molecule has 0 aliphatic carbocycles. The minimum atomic E-state index is -4.70. The number of hydrogen-bond donors (Lipinski definition) is 3. The summed E-state index contributed by atoms with van der Waals surface area (Å²) in [6.45, 7) is 5.63. The van der Waals surface area contributed by atoms with Gasteiger partial charge in [0.25, 0.3) is 10.1 Å². The Morgan fingerprint density at radius 3 is 2.00 bits per heavy atom. The van der Waals surface area contributed by atoms with Crippen molar-refractivity contribution in [2.24, 2.45) is 20.5 Å². The van der Waals surface area contributed by atoms with E-state index >= 15 is 0 Å². The van der Waals surface area contributed by atoms with Gasteiger partial charge in [0.2, 0.25) is 0 Å². The zero-order valence-electron chi connectivity index (χ0n) is 18.6. The van der Waals surface area contributed by atoms with E-state index in [-0.39, 0.29) is 22.7 Å². The average Bonchev–Trinajstić information content (AvgIpc) is 2.74. The van der Waals surface area contributed by atoms with Crippen LogP contribution in [0.25, 0.3) is 0 Å². The van der Waals surface area contributed by atoms with Gasteiger partial charge in [0.1, 0.15) is 27.7 Å². The van der Waals surface area contributed by atoms with Crippen LogP contribution in [-0.4, -0.2) is 20.1 Å². The van der Waals surface area contributed by atoms with Crippen LogP contribution in [0.15, 0.2) is 67.8 Å². The lowest BCUT2D eigenvalue weighted by Gasteiger charge is -2.11. The standard InChI is InChI=1S/C22H24N6O4S/c1-12-5-7-14(3)15(9-12)25-28-22-20(23)17(11-19(21(22)24)33(29,30)31)27-26-16-10-13(2)6-8-18(16)32-4/h5-11H,23-24H2,1-4H3,(H,29,30,31)/b27-26+,28-25+. The monoisotopic (exact) mass is 468 g/mol. The third-order valence-electron chi connectivity index (χ3n) is 4.82. The van der Waals surface area contributed by atoms with Crippen LogP contribution in [0.4, 0.5) is 34.1 Å². The van der Waals surface area contributed by atoms with E-state index in [4.69, 9.17) is 16.2 Å². The van der Waals surface area contributed by atoms with Gasteiger partial charge in [-0.2, -0.15) is 13.5 Å². The lowest BCUT2D eigenvalue weighted by molar-refractivity contribution is 0.415. The Morgan fingerprint density at radius 2 is 1.36 bits per heavy atom. The van der Waals surface area contributed by atoms with E-state index in [0.29, 0.717) is 17.1 Å². The number of anilines is 2. The van der Waals surface area contributed by atoms with Crippen molar-refractivity contribution in [2.75, 3.05) is 18.6 Å². The zero-order chi connectivity index (χ0) is 24.3. The Kier molecular flexibility index (Phi) is 6.75. The van der Waals surface area contributed by atoms with Crippen molar-refractivity contribution < 1.29 is 17.7 Å². The predicted molar refractivity (Wildman–Crippen MR) is 127 cm³/mol. The molecule has 11 heteroatoms. The number of nitrogen functional groups attached to an aromatic ring is 2. The number of methoxy groups -OCH3 is 1. The number of hydrogen-bond acceptors (Lipinski definition) is 9. The van der Waals surface area contributed by atoms with E-state index < -0.39 is 15.0 Å². The van der Waals surface area contributed by atoms with Crippen LogP contribution in [0.1, 0.15) is 16.7 Å². The van der Waals surface area contributed by atoms with Crippen molar-refractivity contribution in [1.29, 1.82) is 0 Å². The highest BCUT2D eigenvalue weighted by atomic mass is 32.2. The molecule has 0 saturated carbocycles. The summed E-state index contributed by atoms with van der Waals surface area (Å²) in [5.41, 5.74) is 15.3. The third-order valence-corrected chi connectivity index (χ3v) is 5.71. The van der Waals surface area contributed by atoms with Gasteiger partial charge >= 0.3 is 0 Å². The molecule has 0 spiro atoms. The predicted octanol–water partition coefficient (Wildman–Crippen LogP) is 5.86. The molecular formula is C22H24N6O4S. The van der Waals surface area contributed by atoms with Crippen molar-refractivity contribution in [1.82, 2.24) is 0 Å².